The van der Waals surface area contributed by atoms with Gasteiger partial charge in [0, 0.05) is 37.7 Å². The van der Waals surface area contributed by atoms with Crippen LogP contribution in [-0.2, 0) is 41.7 Å². The van der Waals surface area contributed by atoms with Crippen molar-refractivity contribution in [2.75, 3.05) is 0 Å². The van der Waals surface area contributed by atoms with Crippen molar-refractivity contribution in [1.82, 2.24) is 14.1 Å². The van der Waals surface area contributed by atoms with E-state index in [1.54, 1.807) is 0 Å². The predicted molar refractivity (Wildman–Crippen MR) is 140 cm³/mol. The molecule has 0 unspecified atom stereocenters. The molecule has 4 nitrogen and oxygen atoms in total. The van der Waals surface area contributed by atoms with E-state index in [9.17, 15) is 0 Å². The van der Waals surface area contributed by atoms with Gasteiger partial charge >= 0.3 is 21.1 Å². The van der Waals surface area contributed by atoms with Crippen LogP contribution in [0.15, 0.2) is 65.7 Å². The van der Waals surface area contributed by atoms with Crippen LogP contribution in [0.25, 0.3) is 44.6 Å². The molecule has 0 bridgehead atoms. The van der Waals surface area contributed by atoms with E-state index < -0.39 is 0 Å². The summed E-state index contributed by atoms with van der Waals surface area (Å²) in [6.45, 7) is 0.727. The second kappa shape index (κ2) is 9.95. The van der Waals surface area contributed by atoms with E-state index in [0.717, 1.165) is 58.5 Å². The maximum absolute atomic E-state index is 5.04. The molecular weight excluding hydrogens is 611 g/mol. The number of hydrogen-bond donors (Lipinski definition) is 0. The van der Waals surface area contributed by atoms with Crippen molar-refractivity contribution in [3.63, 3.8) is 0 Å². The molecule has 35 heavy (non-hydrogen) atoms. The molecule has 0 spiro atoms. The number of aliphatic imine (C=N–C) groups is 1. The Hall–Kier alpha value is -2.97. The van der Waals surface area contributed by atoms with Crippen molar-refractivity contribution < 1.29 is 21.1 Å². The third-order valence-corrected chi connectivity index (χ3v) is 7.06. The second-order valence-electron chi connectivity index (χ2n) is 9.24. The number of nitrogens with zero attached hydrogens (tertiary/aromatic N) is 4. The maximum Gasteiger partial charge on any atom is 2.00 e. The average molecular weight is 640 g/mol. The third-order valence-electron chi connectivity index (χ3n) is 7.06. The average Bonchev–Trinajstić information content (AvgIpc) is 3.41. The van der Waals surface area contributed by atoms with Gasteiger partial charge in [0.1, 0.15) is 0 Å². The number of hydrogen-bond acceptors (Lipinski definition) is 2. The first-order valence-electron chi connectivity index (χ1n) is 12.2. The summed E-state index contributed by atoms with van der Waals surface area (Å²) in [4.78, 5) is 10.0. The molecular formula is C30H28N4Pt. The topological polar surface area (TPSA) is 35.1 Å². The molecule has 5 aromatic rings. The SMILES string of the molecule is Cn1c(-c2cccc(-c3[c-]c4c(CN=C5CCCCC5)cccc4n3C)n2)[c-]c2ccccc21.[Pt+2]. The fourth-order valence-electron chi connectivity index (χ4n) is 5.15. The van der Waals surface area contributed by atoms with Gasteiger partial charge in [0.15, 0.2) is 0 Å². The van der Waals surface area contributed by atoms with Crippen molar-refractivity contribution in [3.8, 4) is 22.8 Å². The minimum absolute atomic E-state index is 0. The maximum atomic E-state index is 5.04. The molecule has 1 aliphatic rings. The Labute approximate surface area is 221 Å². The predicted octanol–water partition coefficient (Wildman–Crippen LogP) is 6.90. The number of aryl methyl sites for hydroxylation is 2. The van der Waals surface area contributed by atoms with Gasteiger partial charge in [0.25, 0.3) is 0 Å². The van der Waals surface area contributed by atoms with Gasteiger partial charge in [-0.3, -0.25) is 4.99 Å². The van der Waals surface area contributed by atoms with Crippen LogP contribution in [-0.4, -0.2) is 19.8 Å². The standard InChI is InChI=1S/C30H28N4.Pt/c1-33-27-16-7-6-10-21(27)18-29(33)25-14-9-15-26(32-25)30-19-24-22(11-8-17-28(24)34(30)2)20-31-23-12-4-3-5-13-23;/h6-11,14-17H,3-5,12-13,20H2,1-2H3;/q-2;+2. The molecule has 0 amide bonds. The number of rotatable bonds is 4. The normalized spacial score (nSPS) is 13.8. The molecule has 1 aliphatic carbocycles. The zero-order chi connectivity index (χ0) is 23.1. The van der Waals surface area contributed by atoms with Crippen LogP contribution in [0, 0.1) is 12.1 Å². The molecule has 2 aromatic carbocycles. The first-order valence-corrected chi connectivity index (χ1v) is 12.2. The van der Waals surface area contributed by atoms with E-state index in [2.05, 4.69) is 90.0 Å². The van der Waals surface area contributed by atoms with Crippen LogP contribution in [0.1, 0.15) is 37.7 Å². The molecule has 0 N–H and O–H groups in total. The van der Waals surface area contributed by atoms with Crippen LogP contribution in [0.3, 0.4) is 0 Å². The molecule has 3 heterocycles. The Kier molecular flexibility index (Phi) is 6.75. The Morgan fingerprint density at radius 2 is 1.43 bits per heavy atom. The molecule has 0 saturated heterocycles. The Morgan fingerprint density at radius 1 is 0.771 bits per heavy atom. The quantitative estimate of drug-likeness (QED) is 0.197. The first kappa shape index (κ1) is 23.8. The van der Waals surface area contributed by atoms with Crippen LogP contribution in [0.2, 0.25) is 0 Å². The summed E-state index contributed by atoms with van der Waals surface area (Å²) in [5.74, 6) is 0. The van der Waals surface area contributed by atoms with Gasteiger partial charge in [-0.1, -0.05) is 60.5 Å². The number of pyridine rings is 1. The van der Waals surface area contributed by atoms with Crippen LogP contribution >= 0.6 is 0 Å². The third kappa shape index (κ3) is 4.41. The van der Waals surface area contributed by atoms with Gasteiger partial charge in [-0.25, -0.2) is 0 Å². The summed E-state index contributed by atoms with van der Waals surface area (Å²) in [5, 5.41) is 2.25. The van der Waals surface area contributed by atoms with Crippen molar-refractivity contribution in [2.45, 2.75) is 38.6 Å². The summed E-state index contributed by atoms with van der Waals surface area (Å²) in [7, 11) is 4.17. The van der Waals surface area contributed by atoms with Crippen LogP contribution < -0.4 is 0 Å². The zero-order valence-corrected chi connectivity index (χ0v) is 22.4. The molecule has 1 saturated carbocycles. The molecule has 0 aliphatic heterocycles. The summed E-state index contributed by atoms with van der Waals surface area (Å²) in [5.41, 5.74) is 8.75. The van der Waals surface area contributed by atoms with Crippen LogP contribution in [0.5, 0.6) is 0 Å². The van der Waals surface area contributed by atoms with E-state index in [0.29, 0.717) is 0 Å². The monoisotopic (exact) mass is 639 g/mol. The Balaban J connectivity index is 0.00000253. The molecule has 3 aromatic heterocycles. The number of fused-ring (bicyclic) bond motifs is 2. The van der Waals surface area contributed by atoms with Gasteiger partial charge in [0.2, 0.25) is 0 Å². The summed E-state index contributed by atoms with van der Waals surface area (Å²) in [6, 6.07) is 28.2. The van der Waals surface area contributed by atoms with Gasteiger partial charge in [-0.05, 0) is 48.1 Å². The van der Waals surface area contributed by atoms with Crippen molar-refractivity contribution in [2.24, 2.45) is 19.1 Å². The van der Waals surface area contributed by atoms with Crippen molar-refractivity contribution in [1.29, 1.82) is 0 Å². The Morgan fingerprint density at radius 3 is 2.20 bits per heavy atom. The van der Waals surface area contributed by atoms with Gasteiger partial charge in [-0.15, -0.1) is 35.0 Å². The van der Waals surface area contributed by atoms with Gasteiger partial charge in [-0.2, -0.15) is 0 Å². The molecule has 0 atom stereocenters. The van der Waals surface area contributed by atoms with E-state index in [1.807, 2.05) is 6.07 Å². The molecule has 178 valence electrons. The summed E-state index contributed by atoms with van der Waals surface area (Å²) >= 11 is 0. The van der Waals surface area contributed by atoms with E-state index >= 15 is 0 Å². The molecule has 1 fully saturated rings. The minimum atomic E-state index is 0. The summed E-state index contributed by atoms with van der Waals surface area (Å²) in [6.07, 6.45) is 6.21. The van der Waals surface area contributed by atoms with Gasteiger partial charge < -0.3 is 14.1 Å². The molecule has 5 heteroatoms. The van der Waals surface area contributed by atoms with Gasteiger partial charge in [0.05, 0.1) is 0 Å². The van der Waals surface area contributed by atoms with E-state index in [4.69, 9.17) is 9.98 Å². The number of benzene rings is 2. The van der Waals surface area contributed by atoms with Crippen LogP contribution in [0.4, 0.5) is 0 Å². The van der Waals surface area contributed by atoms with Crippen molar-refractivity contribution >= 4 is 27.5 Å². The van der Waals surface area contributed by atoms with Crippen molar-refractivity contribution in [3.05, 3.63) is 78.4 Å². The zero-order valence-electron chi connectivity index (χ0n) is 20.1. The van der Waals surface area contributed by atoms with E-state index in [1.165, 1.54) is 36.1 Å². The first-order chi connectivity index (χ1) is 16.7. The fraction of sp³-hybridized carbons (Fsp3) is 0.267. The second-order valence-corrected chi connectivity index (χ2v) is 9.24. The Bertz CT molecular complexity index is 1530. The largest absolute Gasteiger partial charge is 2.00 e. The summed E-state index contributed by atoms with van der Waals surface area (Å²) < 4.78 is 4.36. The number of para-hydroxylation sites is 1. The molecule has 0 radical (unpaired) electrons. The fourth-order valence-corrected chi connectivity index (χ4v) is 5.15. The minimum Gasteiger partial charge on any atom is -0.397 e. The van der Waals surface area contributed by atoms with E-state index in [-0.39, 0.29) is 21.1 Å². The smallest absolute Gasteiger partial charge is 0.397 e. The molecule has 6 rings (SSSR count). The number of aromatic nitrogens is 3.